The summed E-state index contributed by atoms with van der Waals surface area (Å²) in [6, 6.07) is 15.9. The fourth-order valence-electron chi connectivity index (χ4n) is 11.9. The van der Waals surface area contributed by atoms with Crippen LogP contribution in [0.4, 0.5) is 30.7 Å². The van der Waals surface area contributed by atoms with E-state index >= 15 is 4.39 Å². The average Bonchev–Trinajstić information content (AvgIpc) is 1.77. The van der Waals surface area contributed by atoms with Gasteiger partial charge in [-0.2, -0.15) is 0 Å². The third-order valence-corrected chi connectivity index (χ3v) is 20.5. The standard InChI is InChI=1S/C68H79F2N13O9S3/c1-41-47-15-12-28-82(60(47)79-78-59(41)77-65-74-49-16-7-8-17-53(49)94-65)66-75-56(63(88)89)54(95-66)18-13-33-91-51-22-19-43(34-48(51)69)14-11-27-81-31-29-80(30-32-81)26-10-6-9-25-71-55(85)39-92-52-35-44(57-42(2)73-40-93-57)20-21-45(52)37-72-61(86)50-36-46(84)38-83(50)62(87)58(67(3,4)5)76-64(90)68(70)23-24-68/h7-8,16-17,19-22,34-35,40,46,50,58,84H,6,9-10,12-13,15,18,23-33,36-39H2,1-5H3,(H,71,85)(H,72,86)(H,76,90)(H,88,89)(H,74,77,78)/t46-,50+,58-/m1/s1. The van der Waals surface area contributed by atoms with Gasteiger partial charge in [-0.3, -0.25) is 24.1 Å². The predicted octanol–water partition coefficient (Wildman–Crippen LogP) is 8.91. The van der Waals surface area contributed by atoms with Crippen LogP contribution >= 0.6 is 34.0 Å². The Morgan fingerprint density at radius 3 is 2.44 bits per heavy atom. The molecule has 3 aromatic carbocycles. The first-order chi connectivity index (χ1) is 45.7. The van der Waals surface area contributed by atoms with Crippen molar-refractivity contribution < 1.29 is 52.4 Å². The molecule has 3 atom stereocenters. The van der Waals surface area contributed by atoms with Gasteiger partial charge >= 0.3 is 5.97 Å². The zero-order valence-electron chi connectivity index (χ0n) is 53.9. The van der Waals surface area contributed by atoms with Gasteiger partial charge in [0.25, 0.3) is 11.8 Å². The Bertz CT molecular complexity index is 3990. The molecule has 3 aliphatic heterocycles. The number of carbonyl (C=O) groups is 5. The molecule has 27 heteroatoms. The summed E-state index contributed by atoms with van der Waals surface area (Å²) in [6.07, 6.45) is 4.26. The van der Waals surface area contributed by atoms with E-state index in [4.69, 9.17) is 9.47 Å². The van der Waals surface area contributed by atoms with Gasteiger partial charge in [0.2, 0.25) is 11.8 Å². The number of aromatic carboxylic acids is 1. The number of aromatic nitrogens is 5. The van der Waals surface area contributed by atoms with Crippen LogP contribution in [-0.4, -0.2) is 176 Å². The highest BCUT2D eigenvalue weighted by molar-refractivity contribution is 7.22. The molecule has 11 rings (SSSR count). The number of piperazine rings is 1. The Kier molecular flexibility index (Phi) is 21.7. The third-order valence-electron chi connectivity index (χ3n) is 17.5. The Labute approximate surface area is 562 Å². The summed E-state index contributed by atoms with van der Waals surface area (Å²) >= 11 is 4.32. The molecule has 0 bridgehead atoms. The van der Waals surface area contributed by atoms with Crippen LogP contribution in [0.2, 0.25) is 0 Å². The summed E-state index contributed by atoms with van der Waals surface area (Å²) < 4.78 is 43.0. The van der Waals surface area contributed by atoms with Crippen LogP contribution in [0.5, 0.6) is 11.5 Å². The van der Waals surface area contributed by atoms with Crippen LogP contribution in [0.25, 0.3) is 20.7 Å². The van der Waals surface area contributed by atoms with Gasteiger partial charge in [-0.1, -0.05) is 74.6 Å². The number of aryl methyl sites for hydroxylation is 2. The van der Waals surface area contributed by atoms with E-state index in [0.717, 1.165) is 107 Å². The summed E-state index contributed by atoms with van der Waals surface area (Å²) in [5, 5.41) is 43.0. The summed E-state index contributed by atoms with van der Waals surface area (Å²) in [4.78, 5) is 89.2. The fourth-order valence-corrected chi connectivity index (χ4v) is 14.7. The summed E-state index contributed by atoms with van der Waals surface area (Å²) in [5.74, 6) is 4.15. The van der Waals surface area contributed by atoms with E-state index < -0.39 is 58.8 Å². The highest BCUT2D eigenvalue weighted by Gasteiger charge is 2.53. The molecule has 95 heavy (non-hydrogen) atoms. The van der Waals surface area contributed by atoms with E-state index in [1.165, 1.54) is 33.6 Å². The number of aliphatic hydroxyl groups is 1. The van der Waals surface area contributed by atoms with E-state index in [0.29, 0.717) is 71.0 Å². The minimum absolute atomic E-state index is 0.0141. The molecule has 0 unspecified atom stereocenters. The average molecular weight is 1360 g/mol. The zero-order chi connectivity index (χ0) is 67.0. The van der Waals surface area contributed by atoms with Crippen LogP contribution < -0.4 is 35.6 Å². The van der Waals surface area contributed by atoms with Gasteiger partial charge in [-0.05, 0) is 119 Å². The Balaban J connectivity index is 0.576. The van der Waals surface area contributed by atoms with Crippen molar-refractivity contribution in [3.05, 3.63) is 111 Å². The largest absolute Gasteiger partial charge is 0.491 e. The number of unbranched alkanes of at least 4 members (excludes halogenated alkanes) is 2. The number of anilines is 4. The quantitative estimate of drug-likeness (QED) is 0.0218. The van der Waals surface area contributed by atoms with Crippen LogP contribution in [0.1, 0.15) is 115 Å². The van der Waals surface area contributed by atoms with Crippen molar-refractivity contribution in [1.29, 1.82) is 0 Å². The highest BCUT2D eigenvalue weighted by Crippen LogP contribution is 2.42. The topological polar surface area (TPSA) is 270 Å². The number of hydrogen-bond donors (Lipinski definition) is 6. The predicted molar refractivity (Wildman–Crippen MR) is 361 cm³/mol. The molecule has 2 saturated heterocycles. The van der Waals surface area contributed by atoms with E-state index in [9.17, 15) is 38.6 Å². The number of carboxylic acid groups (broad SMARTS) is 1. The number of β-amino-alcohol motifs (C(OH)–C–C–N with tert-alkyl or cyclic N) is 1. The number of amides is 4. The highest BCUT2D eigenvalue weighted by atomic mass is 32.1. The van der Waals surface area contributed by atoms with Crippen molar-refractivity contribution in [2.24, 2.45) is 5.41 Å². The number of fused-ring (bicyclic) bond motifs is 2. The second kappa shape index (κ2) is 30.2. The Morgan fingerprint density at radius 1 is 0.895 bits per heavy atom. The zero-order valence-corrected chi connectivity index (χ0v) is 56.3. The number of carboxylic acids is 1. The lowest BCUT2D eigenvalue weighted by Crippen LogP contribution is -2.59. The summed E-state index contributed by atoms with van der Waals surface area (Å²) in [5.41, 5.74) is 4.56. The molecule has 0 spiro atoms. The smallest absolute Gasteiger partial charge is 0.355 e. The molecule has 3 fully saturated rings. The number of hydrogen-bond acceptors (Lipinski definition) is 20. The van der Waals surface area contributed by atoms with Crippen LogP contribution in [0, 0.1) is 36.9 Å². The molecule has 1 aliphatic carbocycles. The lowest BCUT2D eigenvalue weighted by atomic mass is 9.85. The van der Waals surface area contributed by atoms with Gasteiger partial charge in [0, 0.05) is 85.9 Å². The Morgan fingerprint density at radius 2 is 1.69 bits per heavy atom. The number of aliphatic hydroxyl groups excluding tert-OH is 1. The van der Waals surface area contributed by atoms with Crippen molar-refractivity contribution in [2.45, 2.75) is 129 Å². The molecule has 4 amide bonds. The summed E-state index contributed by atoms with van der Waals surface area (Å²) in [6.45, 7) is 14.9. The number of thiazole rings is 3. The number of benzene rings is 3. The van der Waals surface area contributed by atoms with E-state index in [1.54, 1.807) is 55.8 Å². The minimum atomic E-state index is -2.00. The maximum absolute atomic E-state index is 15.3. The number of ether oxygens (including phenoxy) is 2. The summed E-state index contributed by atoms with van der Waals surface area (Å²) in [7, 11) is 0. The van der Waals surface area contributed by atoms with Crippen LogP contribution in [-0.2, 0) is 38.6 Å². The van der Waals surface area contributed by atoms with Crippen molar-refractivity contribution in [3.8, 4) is 33.8 Å². The van der Waals surface area contributed by atoms with Crippen molar-refractivity contribution in [2.75, 3.05) is 82.3 Å². The number of rotatable bonds is 26. The maximum Gasteiger partial charge on any atom is 0.355 e. The number of nitrogens with one attached hydrogen (secondary N) is 4. The van der Waals surface area contributed by atoms with Crippen LogP contribution in [0.3, 0.4) is 0 Å². The molecule has 22 nitrogen and oxygen atoms in total. The molecular weight excluding hydrogens is 1280 g/mol. The maximum atomic E-state index is 15.3. The van der Waals surface area contributed by atoms with Gasteiger partial charge < -0.3 is 55.7 Å². The molecule has 0 radical (unpaired) electrons. The van der Waals surface area contributed by atoms with E-state index in [-0.39, 0.29) is 62.9 Å². The van der Waals surface area contributed by atoms with Crippen molar-refractivity contribution in [3.63, 3.8) is 0 Å². The number of nitrogens with zero attached hydrogens (tertiary/aromatic N) is 9. The molecule has 7 heterocycles. The van der Waals surface area contributed by atoms with Crippen LogP contribution in [0.15, 0.2) is 66.2 Å². The second-order valence-corrected chi connectivity index (χ2v) is 28.5. The first-order valence-corrected chi connectivity index (χ1v) is 34.7. The Hall–Kier alpha value is -8.26. The fraction of sp³-hybridized carbons (Fsp3) is 0.471. The number of para-hydroxylation sites is 1. The number of alkyl halides is 1. The lowest BCUT2D eigenvalue weighted by molar-refractivity contribution is -0.145. The minimum Gasteiger partial charge on any atom is -0.491 e. The van der Waals surface area contributed by atoms with Gasteiger partial charge in [-0.25, -0.2) is 28.5 Å². The number of likely N-dealkylation sites (tertiary alicyclic amines) is 1. The molecule has 502 valence electrons. The molecule has 4 aromatic heterocycles. The molecular formula is C68H79F2N13O9S3. The van der Waals surface area contributed by atoms with Crippen molar-refractivity contribution in [1.82, 2.24) is 55.8 Å². The van der Waals surface area contributed by atoms with Gasteiger partial charge in [-0.15, -0.1) is 32.9 Å². The van der Waals surface area contributed by atoms with E-state index in [2.05, 4.69) is 68.1 Å². The molecule has 7 aromatic rings. The SMILES string of the molecule is Cc1ncsc1-c1ccc(CNC(=O)[C@@H]2C[C@@H](O)CN2C(=O)[C@@H](NC(=O)C2(F)CC2)C(C)(C)C)c(OCC(=O)NCCCCCN2CCN(CC#Cc3ccc(OCCCc4sc(N5CCCc6c5nnc(Nc5nc7ccccc7s5)c6C)nc4C(=O)O)c(F)c3)CC2)c1. The van der Waals surface area contributed by atoms with Gasteiger partial charge in [0.15, 0.2) is 51.4 Å². The molecule has 6 N–H and O–H groups in total. The molecule has 1 saturated carbocycles. The number of halogens is 2. The van der Waals surface area contributed by atoms with Gasteiger partial charge in [0.05, 0.1) is 45.6 Å². The second-order valence-electron chi connectivity index (χ2n) is 25.6. The van der Waals surface area contributed by atoms with Gasteiger partial charge in [0.1, 0.15) is 17.8 Å². The monoisotopic (exact) mass is 1360 g/mol. The first-order valence-electron chi connectivity index (χ1n) is 32.2. The van der Waals surface area contributed by atoms with E-state index in [1.807, 2.05) is 55.1 Å². The lowest BCUT2D eigenvalue weighted by Gasteiger charge is -2.35. The normalized spacial score (nSPS) is 17.3. The van der Waals surface area contributed by atoms with Crippen molar-refractivity contribution >= 4 is 95.7 Å². The molecule has 4 aliphatic rings. The first kappa shape index (κ1) is 68.1. The third kappa shape index (κ3) is 16.9. The number of carbonyl (C=O) groups excluding carboxylic acids is 4.